The highest BCUT2D eigenvalue weighted by atomic mass is 19.2. The van der Waals surface area contributed by atoms with E-state index in [9.17, 15) is 13.6 Å². The van der Waals surface area contributed by atoms with Crippen LogP contribution in [-0.4, -0.2) is 15.8 Å². The number of benzene rings is 2. The van der Waals surface area contributed by atoms with Crippen molar-refractivity contribution >= 4 is 17.5 Å². The molecule has 0 spiro atoms. The topological polar surface area (TPSA) is 59.0 Å². The van der Waals surface area contributed by atoms with Crippen molar-refractivity contribution < 1.29 is 13.6 Å². The van der Waals surface area contributed by atoms with E-state index in [1.165, 1.54) is 6.07 Å². The van der Waals surface area contributed by atoms with Gasteiger partial charge in [-0.15, -0.1) is 0 Å². The van der Waals surface area contributed by atoms with E-state index < -0.39 is 17.7 Å². The molecule has 27 heavy (non-hydrogen) atoms. The van der Waals surface area contributed by atoms with Crippen molar-refractivity contribution in [1.82, 2.24) is 9.78 Å². The first-order chi connectivity index (χ1) is 12.7. The highest BCUT2D eigenvalue weighted by Gasteiger charge is 2.21. The molecule has 0 bridgehead atoms. The number of nitrogens with zero attached hydrogens (tertiary/aromatic N) is 2. The second kappa shape index (κ2) is 7.19. The molecule has 0 aliphatic rings. The molecule has 0 aliphatic heterocycles. The predicted molar refractivity (Wildman–Crippen MR) is 101 cm³/mol. The summed E-state index contributed by atoms with van der Waals surface area (Å²) in [7, 11) is 0. The monoisotopic (exact) mass is 370 g/mol. The van der Waals surface area contributed by atoms with Gasteiger partial charge in [0.1, 0.15) is 5.82 Å². The summed E-state index contributed by atoms with van der Waals surface area (Å²) in [6, 6.07) is 13.7. The number of aromatic nitrogens is 2. The average molecular weight is 370 g/mol. The van der Waals surface area contributed by atoms with E-state index in [4.69, 9.17) is 0 Å². The second-order valence-corrected chi connectivity index (χ2v) is 7.12. The summed E-state index contributed by atoms with van der Waals surface area (Å²) in [5.74, 6) is -1.54. The van der Waals surface area contributed by atoms with Gasteiger partial charge in [-0.2, -0.15) is 5.10 Å². The minimum atomic E-state index is -1.03. The van der Waals surface area contributed by atoms with Crippen molar-refractivity contribution in [3.8, 4) is 5.69 Å². The van der Waals surface area contributed by atoms with Crippen LogP contribution in [0.2, 0.25) is 0 Å². The molecule has 0 aliphatic carbocycles. The standard InChI is InChI=1S/C20H20F2N4O/c1-20(2,3)17-12-18(26(25-17)14-7-5-4-6-8-14)24-19(27)23-13-9-10-15(21)16(22)11-13/h4-12H,1-3H3,(H2,23,24,27). The Bertz CT molecular complexity index is 962. The molecule has 0 saturated carbocycles. The van der Waals surface area contributed by atoms with Gasteiger partial charge in [-0.25, -0.2) is 18.3 Å². The summed E-state index contributed by atoms with van der Waals surface area (Å²) >= 11 is 0. The Labute approximate surface area is 156 Å². The Morgan fingerprint density at radius 3 is 2.30 bits per heavy atom. The fourth-order valence-corrected chi connectivity index (χ4v) is 2.46. The number of anilines is 2. The fourth-order valence-electron chi connectivity index (χ4n) is 2.46. The number of carbonyl (C=O) groups excluding carboxylic acids is 1. The molecule has 0 atom stereocenters. The summed E-state index contributed by atoms with van der Waals surface area (Å²) < 4.78 is 28.0. The van der Waals surface area contributed by atoms with Crippen LogP contribution in [0.1, 0.15) is 26.5 Å². The van der Waals surface area contributed by atoms with Crippen LogP contribution in [0.4, 0.5) is 25.1 Å². The van der Waals surface area contributed by atoms with Crippen molar-refractivity contribution in [2.24, 2.45) is 0 Å². The molecule has 0 saturated heterocycles. The predicted octanol–water partition coefficient (Wildman–Crippen LogP) is 5.09. The van der Waals surface area contributed by atoms with Crippen LogP contribution in [-0.2, 0) is 5.41 Å². The Morgan fingerprint density at radius 1 is 0.963 bits per heavy atom. The Hall–Kier alpha value is -3.22. The van der Waals surface area contributed by atoms with Gasteiger partial charge in [0, 0.05) is 23.2 Å². The number of hydrogen-bond donors (Lipinski definition) is 2. The van der Waals surface area contributed by atoms with Crippen LogP contribution in [0.25, 0.3) is 5.69 Å². The maximum Gasteiger partial charge on any atom is 0.324 e. The van der Waals surface area contributed by atoms with E-state index in [0.717, 1.165) is 23.5 Å². The van der Waals surface area contributed by atoms with Crippen LogP contribution in [0, 0.1) is 11.6 Å². The van der Waals surface area contributed by atoms with Crippen molar-refractivity contribution in [3.63, 3.8) is 0 Å². The van der Waals surface area contributed by atoms with E-state index in [-0.39, 0.29) is 11.1 Å². The molecule has 3 rings (SSSR count). The summed E-state index contributed by atoms with van der Waals surface area (Å²) in [4.78, 5) is 12.3. The first-order valence-electron chi connectivity index (χ1n) is 8.43. The molecular formula is C20H20F2N4O. The summed E-state index contributed by atoms with van der Waals surface area (Å²) in [5.41, 5.74) is 1.52. The van der Waals surface area contributed by atoms with Crippen molar-refractivity contribution in [3.05, 3.63) is 71.9 Å². The quantitative estimate of drug-likeness (QED) is 0.674. The first kappa shape index (κ1) is 18.6. The molecule has 2 N–H and O–H groups in total. The lowest BCUT2D eigenvalue weighted by Gasteiger charge is -2.14. The SMILES string of the molecule is CC(C)(C)c1cc(NC(=O)Nc2ccc(F)c(F)c2)n(-c2ccccc2)n1. The zero-order chi connectivity index (χ0) is 19.6. The lowest BCUT2D eigenvalue weighted by molar-refractivity contribution is 0.262. The number of nitrogens with one attached hydrogen (secondary N) is 2. The van der Waals surface area contributed by atoms with Gasteiger partial charge >= 0.3 is 6.03 Å². The number of hydrogen-bond acceptors (Lipinski definition) is 2. The van der Waals surface area contributed by atoms with Gasteiger partial charge in [0.2, 0.25) is 0 Å². The van der Waals surface area contributed by atoms with Gasteiger partial charge in [-0.05, 0) is 24.3 Å². The summed E-state index contributed by atoms with van der Waals surface area (Å²) in [5, 5.41) is 9.81. The normalized spacial score (nSPS) is 11.3. The lowest BCUT2D eigenvalue weighted by atomic mass is 9.92. The Kier molecular flexibility index (Phi) is 4.94. The molecule has 0 fully saturated rings. The zero-order valence-corrected chi connectivity index (χ0v) is 15.3. The van der Waals surface area contributed by atoms with Crippen LogP contribution >= 0.6 is 0 Å². The van der Waals surface area contributed by atoms with Gasteiger partial charge in [0.05, 0.1) is 11.4 Å². The third-order valence-corrected chi connectivity index (χ3v) is 3.90. The fraction of sp³-hybridized carbons (Fsp3) is 0.200. The Balaban J connectivity index is 1.87. The molecule has 7 heteroatoms. The average Bonchev–Trinajstić information content (AvgIpc) is 3.03. The number of rotatable bonds is 3. The number of amides is 2. The molecule has 1 heterocycles. The van der Waals surface area contributed by atoms with Gasteiger partial charge in [0.25, 0.3) is 0 Å². The van der Waals surface area contributed by atoms with Crippen LogP contribution in [0.5, 0.6) is 0 Å². The minimum absolute atomic E-state index is 0.147. The maximum absolute atomic E-state index is 13.3. The van der Waals surface area contributed by atoms with Crippen molar-refractivity contribution in [2.45, 2.75) is 26.2 Å². The molecule has 2 aromatic carbocycles. The molecule has 0 radical (unpaired) electrons. The number of carbonyl (C=O) groups is 1. The van der Waals surface area contributed by atoms with Gasteiger partial charge in [0.15, 0.2) is 11.6 Å². The number of halogens is 2. The van der Waals surface area contributed by atoms with Gasteiger partial charge in [-0.1, -0.05) is 39.0 Å². The van der Waals surface area contributed by atoms with Crippen molar-refractivity contribution in [1.29, 1.82) is 0 Å². The van der Waals surface area contributed by atoms with E-state index in [1.54, 1.807) is 10.7 Å². The minimum Gasteiger partial charge on any atom is -0.308 e. The van der Waals surface area contributed by atoms with Crippen molar-refractivity contribution in [2.75, 3.05) is 10.6 Å². The number of urea groups is 1. The molecule has 3 aromatic rings. The van der Waals surface area contributed by atoms with E-state index >= 15 is 0 Å². The van der Waals surface area contributed by atoms with Crippen LogP contribution in [0.3, 0.4) is 0 Å². The van der Waals surface area contributed by atoms with E-state index in [2.05, 4.69) is 15.7 Å². The lowest BCUT2D eigenvalue weighted by Crippen LogP contribution is -2.21. The third-order valence-electron chi connectivity index (χ3n) is 3.90. The molecule has 5 nitrogen and oxygen atoms in total. The van der Waals surface area contributed by atoms with E-state index in [0.29, 0.717) is 5.82 Å². The molecule has 0 unspecified atom stereocenters. The highest BCUT2D eigenvalue weighted by molar-refractivity contribution is 5.99. The van der Waals surface area contributed by atoms with Crippen LogP contribution < -0.4 is 10.6 Å². The number of para-hydroxylation sites is 1. The maximum atomic E-state index is 13.3. The third kappa shape index (κ3) is 4.31. The molecule has 1 aromatic heterocycles. The Morgan fingerprint density at radius 2 is 1.67 bits per heavy atom. The highest BCUT2D eigenvalue weighted by Crippen LogP contribution is 2.26. The smallest absolute Gasteiger partial charge is 0.308 e. The largest absolute Gasteiger partial charge is 0.324 e. The summed E-state index contributed by atoms with van der Waals surface area (Å²) in [6.07, 6.45) is 0. The van der Waals surface area contributed by atoms with Gasteiger partial charge < -0.3 is 5.32 Å². The zero-order valence-electron chi connectivity index (χ0n) is 15.3. The van der Waals surface area contributed by atoms with Gasteiger partial charge in [-0.3, -0.25) is 5.32 Å². The molecule has 140 valence electrons. The first-order valence-corrected chi connectivity index (χ1v) is 8.43. The second-order valence-electron chi connectivity index (χ2n) is 7.12. The molecule has 2 amide bonds. The molecular weight excluding hydrogens is 350 g/mol. The van der Waals surface area contributed by atoms with Crippen LogP contribution in [0.15, 0.2) is 54.6 Å². The van der Waals surface area contributed by atoms with E-state index in [1.807, 2.05) is 51.1 Å². The summed E-state index contributed by atoms with van der Waals surface area (Å²) in [6.45, 7) is 6.07.